The number of rotatable bonds is 0. The maximum Gasteiger partial charge on any atom is 0.141 e. The van der Waals surface area contributed by atoms with Crippen LogP contribution in [0.1, 0.15) is 45.4 Å². The summed E-state index contributed by atoms with van der Waals surface area (Å²) in [5.41, 5.74) is -0.139. The molecule has 0 aromatic rings. The maximum absolute atomic E-state index is 12.9. The zero-order valence-electron chi connectivity index (χ0n) is 11.7. The smallest absolute Gasteiger partial charge is 0.141 e. The summed E-state index contributed by atoms with van der Waals surface area (Å²) in [5, 5.41) is 0. The molecule has 3 nitrogen and oxygen atoms in total. The highest BCUT2D eigenvalue weighted by Gasteiger charge is 2.64. The molecule has 19 heavy (non-hydrogen) atoms. The molecular weight excluding hydrogens is 238 g/mol. The van der Waals surface area contributed by atoms with Crippen LogP contribution < -0.4 is 0 Å². The summed E-state index contributed by atoms with van der Waals surface area (Å²) in [4.78, 5) is 27.8. The molecule has 4 fully saturated rings. The van der Waals surface area contributed by atoms with Gasteiger partial charge in [-0.05, 0) is 50.6 Å². The minimum Gasteiger partial charge on any atom is -0.299 e. The first-order valence-electron chi connectivity index (χ1n) is 7.93. The molecule has 2 aliphatic heterocycles. The van der Waals surface area contributed by atoms with E-state index in [4.69, 9.17) is 0 Å². The van der Waals surface area contributed by atoms with Gasteiger partial charge in [0.2, 0.25) is 0 Å². The van der Waals surface area contributed by atoms with Crippen molar-refractivity contribution in [2.24, 2.45) is 23.2 Å². The van der Waals surface area contributed by atoms with E-state index in [0.717, 1.165) is 45.2 Å². The third-order valence-corrected chi connectivity index (χ3v) is 6.39. The van der Waals surface area contributed by atoms with E-state index in [1.165, 1.54) is 0 Å². The summed E-state index contributed by atoms with van der Waals surface area (Å²) in [6.07, 6.45) is 5.73. The Bertz CT molecular complexity index is 446. The summed E-state index contributed by atoms with van der Waals surface area (Å²) in [6.45, 7) is 4.32. The Morgan fingerprint density at radius 3 is 2.89 bits per heavy atom. The standard InChI is InChI=1S/C16H23NO2/c1-10-7-11-9-13(18)12-3-6-17-5-2-4-16(11,15(12)17)14(19)8-10/h10-12,15H,2-9H2,1H3. The molecule has 0 bridgehead atoms. The number of carbonyl (C=O) groups excluding carboxylic acids is 2. The van der Waals surface area contributed by atoms with Gasteiger partial charge in [-0.25, -0.2) is 0 Å². The van der Waals surface area contributed by atoms with Crippen LogP contribution in [0.25, 0.3) is 0 Å². The number of Topliss-reactive ketones (excluding diaryl/α,β-unsaturated/α-hetero) is 2. The SMILES string of the molecule is CC1CC(=O)C23CCCN4CCC(C(=O)CC2C1)C43. The van der Waals surface area contributed by atoms with Crippen molar-refractivity contribution in [1.29, 1.82) is 0 Å². The molecule has 5 atom stereocenters. The Labute approximate surface area is 114 Å². The second kappa shape index (κ2) is 3.91. The van der Waals surface area contributed by atoms with Crippen LogP contribution in [0.3, 0.4) is 0 Å². The van der Waals surface area contributed by atoms with Gasteiger partial charge < -0.3 is 0 Å². The number of hydrogen-bond acceptors (Lipinski definition) is 3. The summed E-state index contributed by atoms with van der Waals surface area (Å²) >= 11 is 0. The lowest BCUT2D eigenvalue weighted by atomic mass is 9.50. The quantitative estimate of drug-likeness (QED) is 0.669. The molecule has 0 aromatic heterocycles. The van der Waals surface area contributed by atoms with Crippen molar-refractivity contribution in [3.8, 4) is 0 Å². The summed E-state index contributed by atoms with van der Waals surface area (Å²) in [5.74, 6) is 1.94. The van der Waals surface area contributed by atoms with E-state index in [1.807, 2.05) is 0 Å². The number of hydrogen-bond donors (Lipinski definition) is 0. The van der Waals surface area contributed by atoms with Gasteiger partial charge >= 0.3 is 0 Å². The van der Waals surface area contributed by atoms with Crippen molar-refractivity contribution >= 4 is 11.6 Å². The minimum absolute atomic E-state index is 0.139. The van der Waals surface area contributed by atoms with Gasteiger partial charge in [0.05, 0.1) is 0 Å². The van der Waals surface area contributed by atoms with Gasteiger partial charge in [0.15, 0.2) is 0 Å². The first kappa shape index (κ1) is 12.1. The Kier molecular flexibility index (Phi) is 2.48. The second-order valence-corrected chi connectivity index (χ2v) is 7.36. The van der Waals surface area contributed by atoms with Crippen LogP contribution in [0.5, 0.6) is 0 Å². The predicted molar refractivity (Wildman–Crippen MR) is 71.7 cm³/mol. The average molecular weight is 261 g/mol. The van der Waals surface area contributed by atoms with Crippen molar-refractivity contribution < 1.29 is 9.59 Å². The van der Waals surface area contributed by atoms with Crippen molar-refractivity contribution in [3.63, 3.8) is 0 Å². The molecule has 2 saturated heterocycles. The van der Waals surface area contributed by atoms with Gasteiger partial charge in [-0.1, -0.05) is 6.92 Å². The van der Waals surface area contributed by atoms with Crippen LogP contribution in [-0.4, -0.2) is 35.6 Å². The van der Waals surface area contributed by atoms with E-state index < -0.39 is 0 Å². The first-order chi connectivity index (χ1) is 9.13. The van der Waals surface area contributed by atoms with Crippen molar-refractivity contribution in [2.75, 3.05) is 13.1 Å². The minimum atomic E-state index is -0.139. The van der Waals surface area contributed by atoms with E-state index in [9.17, 15) is 9.59 Å². The van der Waals surface area contributed by atoms with Crippen LogP contribution in [0.15, 0.2) is 0 Å². The number of piperidine rings is 1. The fourth-order valence-corrected chi connectivity index (χ4v) is 5.77. The van der Waals surface area contributed by atoms with E-state index >= 15 is 0 Å². The highest BCUT2D eigenvalue weighted by molar-refractivity contribution is 5.93. The molecule has 1 spiro atoms. The Morgan fingerprint density at radius 2 is 2.05 bits per heavy atom. The largest absolute Gasteiger partial charge is 0.299 e. The maximum atomic E-state index is 12.9. The highest BCUT2D eigenvalue weighted by atomic mass is 16.1. The molecule has 4 rings (SSSR count). The molecule has 2 heterocycles. The molecule has 3 heteroatoms. The van der Waals surface area contributed by atoms with E-state index in [-0.39, 0.29) is 17.4 Å². The monoisotopic (exact) mass is 261 g/mol. The normalized spacial score (nSPS) is 49.9. The lowest BCUT2D eigenvalue weighted by Crippen LogP contribution is -2.64. The third-order valence-electron chi connectivity index (χ3n) is 6.39. The zero-order valence-corrected chi connectivity index (χ0v) is 11.7. The lowest BCUT2D eigenvalue weighted by Gasteiger charge is -2.57. The van der Waals surface area contributed by atoms with Crippen LogP contribution in [0.4, 0.5) is 0 Å². The van der Waals surface area contributed by atoms with Crippen molar-refractivity contribution in [2.45, 2.75) is 51.5 Å². The number of ketones is 2. The van der Waals surface area contributed by atoms with E-state index in [0.29, 0.717) is 29.8 Å². The number of nitrogens with zero attached hydrogens (tertiary/aromatic N) is 1. The van der Waals surface area contributed by atoms with Crippen molar-refractivity contribution in [1.82, 2.24) is 4.90 Å². The molecule has 0 aromatic carbocycles. The third kappa shape index (κ3) is 1.43. The summed E-state index contributed by atoms with van der Waals surface area (Å²) in [6, 6.07) is 0.271. The highest BCUT2D eigenvalue weighted by Crippen LogP contribution is 2.58. The first-order valence-corrected chi connectivity index (χ1v) is 7.93. The van der Waals surface area contributed by atoms with Crippen LogP contribution in [0.2, 0.25) is 0 Å². The fourth-order valence-electron chi connectivity index (χ4n) is 5.77. The molecule has 2 saturated carbocycles. The van der Waals surface area contributed by atoms with Gasteiger partial charge in [-0.3, -0.25) is 14.5 Å². The Hall–Kier alpha value is -0.700. The zero-order chi connectivity index (χ0) is 13.2. The van der Waals surface area contributed by atoms with E-state index in [2.05, 4.69) is 11.8 Å². The van der Waals surface area contributed by atoms with Gasteiger partial charge in [0, 0.05) is 30.2 Å². The van der Waals surface area contributed by atoms with Gasteiger partial charge in [-0.15, -0.1) is 0 Å². The number of carbonyl (C=O) groups is 2. The lowest BCUT2D eigenvalue weighted by molar-refractivity contribution is -0.160. The topological polar surface area (TPSA) is 37.4 Å². The molecule has 5 unspecified atom stereocenters. The summed E-state index contributed by atoms with van der Waals surface area (Å²) in [7, 11) is 0. The fraction of sp³-hybridized carbons (Fsp3) is 0.875. The average Bonchev–Trinajstić information content (AvgIpc) is 2.79. The van der Waals surface area contributed by atoms with Gasteiger partial charge in [-0.2, -0.15) is 0 Å². The molecule has 104 valence electrons. The van der Waals surface area contributed by atoms with Gasteiger partial charge in [0.1, 0.15) is 11.6 Å². The molecule has 0 N–H and O–H groups in total. The molecule has 0 amide bonds. The van der Waals surface area contributed by atoms with Crippen LogP contribution >= 0.6 is 0 Å². The molecule has 4 aliphatic rings. The summed E-state index contributed by atoms with van der Waals surface area (Å²) < 4.78 is 0. The van der Waals surface area contributed by atoms with Crippen LogP contribution in [-0.2, 0) is 9.59 Å². The van der Waals surface area contributed by atoms with E-state index in [1.54, 1.807) is 0 Å². The Morgan fingerprint density at radius 1 is 1.21 bits per heavy atom. The Balaban J connectivity index is 1.81. The molecular formula is C16H23NO2. The van der Waals surface area contributed by atoms with Crippen molar-refractivity contribution in [3.05, 3.63) is 0 Å². The van der Waals surface area contributed by atoms with Crippen LogP contribution in [0, 0.1) is 23.2 Å². The molecule has 2 aliphatic carbocycles. The molecule has 0 radical (unpaired) electrons. The second-order valence-electron chi connectivity index (χ2n) is 7.36. The predicted octanol–water partition coefficient (Wildman–Crippen LogP) is 2.05. The van der Waals surface area contributed by atoms with Gasteiger partial charge in [0.25, 0.3) is 0 Å².